The molecule has 92 valence electrons. The van der Waals surface area contributed by atoms with Gasteiger partial charge >= 0.3 is 0 Å². The fraction of sp³-hybridized carbons (Fsp3) is 0.500. The molecule has 0 bridgehead atoms. The highest BCUT2D eigenvalue weighted by molar-refractivity contribution is 5.94. The molecule has 4 nitrogen and oxygen atoms in total. The van der Waals surface area contributed by atoms with Crippen molar-refractivity contribution in [2.45, 2.75) is 18.9 Å². The molecule has 1 amide bonds. The van der Waals surface area contributed by atoms with Crippen molar-refractivity contribution in [3.05, 3.63) is 29.8 Å². The number of aromatic nitrogens is 1. The van der Waals surface area contributed by atoms with Crippen LogP contribution in [-0.2, 0) is 0 Å². The van der Waals surface area contributed by atoms with E-state index in [0.717, 1.165) is 32.1 Å². The smallest absolute Gasteiger partial charge is 0.255 e. The monoisotopic (exact) mass is 237 g/mol. The second-order valence-electron chi connectivity index (χ2n) is 4.24. The number of rotatable bonds is 3. The first-order valence-electron chi connectivity index (χ1n) is 5.78. The number of nitrogens with one attached hydrogen (secondary N) is 1. The maximum absolute atomic E-state index is 13.0. The van der Waals surface area contributed by atoms with Gasteiger partial charge in [0.05, 0.1) is 11.8 Å². The topological polar surface area (TPSA) is 45.2 Å². The molecule has 0 radical (unpaired) electrons. The SMILES string of the molecule is CNC[C@@H]1CCCN1C(=O)c1cncc(F)c1. The van der Waals surface area contributed by atoms with Crippen molar-refractivity contribution in [3.8, 4) is 0 Å². The first-order chi connectivity index (χ1) is 8.22. The van der Waals surface area contributed by atoms with Crippen molar-refractivity contribution in [1.82, 2.24) is 15.2 Å². The number of likely N-dealkylation sites (tertiary alicyclic amines) is 1. The molecule has 0 spiro atoms. The summed E-state index contributed by atoms with van der Waals surface area (Å²) >= 11 is 0. The summed E-state index contributed by atoms with van der Waals surface area (Å²) < 4.78 is 13.0. The van der Waals surface area contributed by atoms with Crippen LogP contribution < -0.4 is 5.32 Å². The van der Waals surface area contributed by atoms with E-state index >= 15 is 0 Å². The second kappa shape index (κ2) is 5.23. The minimum absolute atomic E-state index is 0.130. The largest absolute Gasteiger partial charge is 0.334 e. The molecule has 1 saturated heterocycles. The minimum Gasteiger partial charge on any atom is -0.334 e. The molecule has 1 aliphatic rings. The molecule has 1 atom stereocenters. The number of carbonyl (C=O) groups is 1. The van der Waals surface area contributed by atoms with Crippen molar-refractivity contribution in [2.24, 2.45) is 0 Å². The lowest BCUT2D eigenvalue weighted by Gasteiger charge is -2.24. The van der Waals surface area contributed by atoms with E-state index in [4.69, 9.17) is 0 Å². The van der Waals surface area contributed by atoms with Gasteiger partial charge in [0.25, 0.3) is 5.91 Å². The van der Waals surface area contributed by atoms with Gasteiger partial charge in [-0.1, -0.05) is 0 Å². The molecular formula is C12H16FN3O. The van der Waals surface area contributed by atoms with E-state index in [-0.39, 0.29) is 11.9 Å². The van der Waals surface area contributed by atoms with E-state index < -0.39 is 5.82 Å². The van der Waals surface area contributed by atoms with Crippen LogP contribution in [0.1, 0.15) is 23.2 Å². The molecule has 1 aliphatic heterocycles. The summed E-state index contributed by atoms with van der Waals surface area (Å²) in [5, 5.41) is 3.07. The Balaban J connectivity index is 2.14. The molecule has 1 aromatic heterocycles. The minimum atomic E-state index is -0.472. The van der Waals surface area contributed by atoms with E-state index in [1.54, 1.807) is 4.90 Å². The highest BCUT2D eigenvalue weighted by Crippen LogP contribution is 2.19. The molecule has 0 aromatic carbocycles. The van der Waals surface area contributed by atoms with Gasteiger partial charge in [-0.05, 0) is 26.0 Å². The summed E-state index contributed by atoms with van der Waals surface area (Å²) in [6.45, 7) is 1.51. The Kier molecular flexibility index (Phi) is 3.68. The van der Waals surface area contributed by atoms with Crippen LogP contribution in [0.3, 0.4) is 0 Å². The molecule has 1 aromatic rings. The van der Waals surface area contributed by atoms with Crippen molar-refractivity contribution in [1.29, 1.82) is 0 Å². The highest BCUT2D eigenvalue weighted by atomic mass is 19.1. The Morgan fingerprint density at radius 3 is 3.18 bits per heavy atom. The number of hydrogen-bond donors (Lipinski definition) is 1. The van der Waals surface area contributed by atoms with Gasteiger partial charge in [-0.3, -0.25) is 9.78 Å². The molecule has 0 aliphatic carbocycles. The first kappa shape index (κ1) is 12.0. The number of carbonyl (C=O) groups excluding carboxylic acids is 1. The predicted octanol–water partition coefficient (Wildman–Crippen LogP) is 1.04. The Bertz CT molecular complexity index is 410. The lowest BCUT2D eigenvalue weighted by Crippen LogP contribution is -2.40. The summed E-state index contributed by atoms with van der Waals surface area (Å²) in [4.78, 5) is 17.7. The van der Waals surface area contributed by atoms with Crippen LogP contribution in [0.25, 0.3) is 0 Å². The summed E-state index contributed by atoms with van der Waals surface area (Å²) in [5.41, 5.74) is 0.327. The third-order valence-corrected chi connectivity index (χ3v) is 3.03. The number of halogens is 1. The van der Waals surface area contributed by atoms with Gasteiger partial charge in [-0.25, -0.2) is 4.39 Å². The van der Waals surface area contributed by atoms with Crippen molar-refractivity contribution in [2.75, 3.05) is 20.1 Å². The Morgan fingerprint density at radius 2 is 2.47 bits per heavy atom. The van der Waals surface area contributed by atoms with Gasteiger partial charge in [0, 0.05) is 25.3 Å². The third kappa shape index (κ3) is 2.61. The van der Waals surface area contributed by atoms with Crippen LogP contribution >= 0.6 is 0 Å². The van der Waals surface area contributed by atoms with Gasteiger partial charge in [0.2, 0.25) is 0 Å². The highest BCUT2D eigenvalue weighted by Gasteiger charge is 2.28. The van der Waals surface area contributed by atoms with Gasteiger partial charge in [-0.15, -0.1) is 0 Å². The van der Waals surface area contributed by atoms with Crippen LogP contribution in [0.5, 0.6) is 0 Å². The van der Waals surface area contributed by atoms with Crippen LogP contribution in [-0.4, -0.2) is 42.0 Å². The molecule has 1 N–H and O–H groups in total. The molecule has 0 saturated carbocycles. The zero-order valence-electron chi connectivity index (χ0n) is 9.82. The average Bonchev–Trinajstić information content (AvgIpc) is 2.77. The van der Waals surface area contributed by atoms with E-state index in [2.05, 4.69) is 10.3 Å². The number of likely N-dealkylation sites (N-methyl/N-ethyl adjacent to an activating group) is 1. The normalized spacial score (nSPS) is 19.6. The molecule has 0 unspecified atom stereocenters. The van der Waals surface area contributed by atoms with Gasteiger partial charge in [-0.2, -0.15) is 0 Å². The van der Waals surface area contributed by atoms with Gasteiger partial charge < -0.3 is 10.2 Å². The molecule has 17 heavy (non-hydrogen) atoms. The molecule has 5 heteroatoms. The first-order valence-corrected chi connectivity index (χ1v) is 5.78. The van der Waals surface area contributed by atoms with Crippen LogP contribution in [0.4, 0.5) is 4.39 Å². The molecular weight excluding hydrogens is 221 g/mol. The Labute approximate surface area is 99.8 Å². The van der Waals surface area contributed by atoms with Crippen LogP contribution in [0.15, 0.2) is 18.5 Å². The lowest BCUT2D eigenvalue weighted by atomic mass is 10.2. The summed E-state index contributed by atoms with van der Waals surface area (Å²) in [5.74, 6) is -0.602. The molecule has 2 rings (SSSR count). The zero-order valence-corrected chi connectivity index (χ0v) is 9.82. The standard InChI is InChI=1S/C12H16FN3O/c1-14-8-11-3-2-4-16(11)12(17)9-5-10(13)7-15-6-9/h5-7,11,14H,2-4,8H2,1H3/t11-/m0/s1. The van der Waals surface area contributed by atoms with E-state index in [1.807, 2.05) is 7.05 Å². The summed E-state index contributed by atoms with van der Waals surface area (Å²) in [6, 6.07) is 1.44. The van der Waals surface area contributed by atoms with Gasteiger partial charge in [0.1, 0.15) is 5.82 Å². The van der Waals surface area contributed by atoms with Crippen molar-refractivity contribution in [3.63, 3.8) is 0 Å². The maximum Gasteiger partial charge on any atom is 0.255 e. The Morgan fingerprint density at radius 1 is 1.65 bits per heavy atom. The van der Waals surface area contributed by atoms with Crippen LogP contribution in [0, 0.1) is 5.82 Å². The summed E-state index contributed by atoms with van der Waals surface area (Å²) in [7, 11) is 1.87. The van der Waals surface area contributed by atoms with Crippen molar-refractivity contribution >= 4 is 5.91 Å². The number of hydrogen-bond acceptors (Lipinski definition) is 3. The molecule has 2 heterocycles. The van der Waals surface area contributed by atoms with E-state index in [0.29, 0.717) is 5.56 Å². The predicted molar refractivity (Wildman–Crippen MR) is 62.2 cm³/mol. The third-order valence-electron chi connectivity index (χ3n) is 3.03. The Hall–Kier alpha value is -1.49. The maximum atomic E-state index is 13.0. The van der Waals surface area contributed by atoms with Gasteiger partial charge in [0.15, 0.2) is 0 Å². The summed E-state index contributed by atoms with van der Waals surface area (Å²) in [6.07, 6.45) is 4.52. The second-order valence-corrected chi connectivity index (χ2v) is 4.24. The quantitative estimate of drug-likeness (QED) is 0.854. The van der Waals surface area contributed by atoms with E-state index in [1.165, 1.54) is 12.3 Å². The number of nitrogens with zero attached hydrogens (tertiary/aromatic N) is 2. The molecule has 1 fully saturated rings. The fourth-order valence-corrected chi connectivity index (χ4v) is 2.25. The van der Waals surface area contributed by atoms with Crippen molar-refractivity contribution < 1.29 is 9.18 Å². The number of pyridine rings is 1. The lowest BCUT2D eigenvalue weighted by molar-refractivity contribution is 0.0736. The fourth-order valence-electron chi connectivity index (χ4n) is 2.25. The zero-order chi connectivity index (χ0) is 12.3. The van der Waals surface area contributed by atoms with Crippen LogP contribution in [0.2, 0.25) is 0 Å². The van der Waals surface area contributed by atoms with E-state index in [9.17, 15) is 9.18 Å². The number of amides is 1. The average molecular weight is 237 g/mol.